The molecular formula is C9H16Cl6N4O. The van der Waals surface area contributed by atoms with Gasteiger partial charge in [-0.05, 0) is 28.2 Å². The van der Waals surface area contributed by atoms with E-state index in [1.54, 1.807) is 28.2 Å². The molecular weight excluding hydrogens is 393 g/mol. The zero-order valence-corrected chi connectivity index (χ0v) is 15.8. The first-order chi connectivity index (χ1) is 8.76. The molecule has 2 atom stereocenters. The molecule has 0 fully saturated rings. The molecule has 20 heavy (non-hydrogen) atoms. The van der Waals surface area contributed by atoms with Crippen LogP contribution in [0.5, 0.6) is 0 Å². The molecule has 0 rings (SSSR count). The summed E-state index contributed by atoms with van der Waals surface area (Å²) in [6, 6.07) is -0.639. The first kappa shape index (κ1) is 20.9. The van der Waals surface area contributed by atoms with Gasteiger partial charge < -0.3 is 10.6 Å². The lowest BCUT2D eigenvalue weighted by Crippen LogP contribution is -2.60. The Morgan fingerprint density at radius 1 is 0.800 bits per heavy atom. The molecule has 0 aromatic rings. The number of nitrogens with one attached hydrogen (secondary N) is 2. The highest BCUT2D eigenvalue weighted by Gasteiger charge is 2.39. The van der Waals surface area contributed by atoms with Crippen molar-refractivity contribution in [3.8, 4) is 0 Å². The number of hydrogen-bond acceptors (Lipinski definition) is 3. The average molecular weight is 409 g/mol. The number of halogens is 6. The second-order valence-electron chi connectivity index (χ2n) is 4.43. The first-order valence-corrected chi connectivity index (χ1v) is 7.57. The lowest BCUT2D eigenvalue weighted by molar-refractivity contribution is 0.190. The molecule has 0 radical (unpaired) electrons. The van der Waals surface area contributed by atoms with Crippen LogP contribution in [0, 0.1) is 0 Å². The minimum absolute atomic E-state index is 0.639. The molecule has 11 heteroatoms. The molecule has 0 aliphatic rings. The van der Waals surface area contributed by atoms with E-state index in [9.17, 15) is 4.79 Å². The molecule has 2 amide bonds. The molecule has 120 valence electrons. The van der Waals surface area contributed by atoms with Crippen molar-refractivity contribution < 1.29 is 4.79 Å². The number of rotatable bonds is 4. The van der Waals surface area contributed by atoms with Gasteiger partial charge in [0.1, 0.15) is 12.3 Å². The van der Waals surface area contributed by atoms with Crippen LogP contribution in [0.25, 0.3) is 0 Å². The molecule has 5 nitrogen and oxygen atoms in total. The fourth-order valence-corrected chi connectivity index (χ4v) is 2.80. The zero-order chi connectivity index (χ0) is 16.3. The van der Waals surface area contributed by atoms with E-state index in [2.05, 4.69) is 10.6 Å². The summed E-state index contributed by atoms with van der Waals surface area (Å²) in [5.74, 6) is 0. The van der Waals surface area contributed by atoms with Crippen LogP contribution in [0.1, 0.15) is 0 Å². The normalized spacial score (nSPS) is 16.2. The molecule has 0 aromatic heterocycles. The van der Waals surface area contributed by atoms with E-state index in [0.717, 1.165) is 0 Å². The zero-order valence-electron chi connectivity index (χ0n) is 11.2. The Labute approximate surface area is 148 Å². The Morgan fingerprint density at radius 3 is 1.20 bits per heavy atom. The van der Waals surface area contributed by atoms with E-state index >= 15 is 0 Å². The maximum absolute atomic E-state index is 11.9. The van der Waals surface area contributed by atoms with Gasteiger partial charge >= 0.3 is 6.03 Å². The first-order valence-electron chi connectivity index (χ1n) is 5.30. The highest BCUT2D eigenvalue weighted by molar-refractivity contribution is 6.68. The quantitative estimate of drug-likeness (QED) is 0.555. The van der Waals surface area contributed by atoms with Crippen molar-refractivity contribution in [1.29, 1.82) is 0 Å². The van der Waals surface area contributed by atoms with E-state index in [1.807, 2.05) is 0 Å². The lowest BCUT2D eigenvalue weighted by atomic mass is 10.4. The summed E-state index contributed by atoms with van der Waals surface area (Å²) in [6.45, 7) is 0. The highest BCUT2D eigenvalue weighted by atomic mass is 35.6. The van der Waals surface area contributed by atoms with Crippen LogP contribution in [-0.4, -0.2) is 63.9 Å². The highest BCUT2D eigenvalue weighted by Crippen LogP contribution is 2.32. The summed E-state index contributed by atoms with van der Waals surface area (Å²) in [7, 11) is 6.58. The summed E-state index contributed by atoms with van der Waals surface area (Å²) < 4.78 is -3.43. The van der Waals surface area contributed by atoms with Crippen molar-refractivity contribution in [2.45, 2.75) is 19.9 Å². The van der Waals surface area contributed by atoms with Crippen molar-refractivity contribution >= 4 is 75.6 Å². The lowest BCUT2D eigenvalue weighted by Gasteiger charge is -2.34. The van der Waals surface area contributed by atoms with Crippen LogP contribution in [0.15, 0.2) is 0 Å². The fourth-order valence-electron chi connectivity index (χ4n) is 1.30. The van der Waals surface area contributed by atoms with Crippen LogP contribution in [0.4, 0.5) is 4.79 Å². The molecule has 0 spiro atoms. The number of carbonyl (C=O) groups excluding carboxylic acids is 1. The Kier molecular flexibility index (Phi) is 8.34. The molecule has 0 bridgehead atoms. The topological polar surface area (TPSA) is 47.6 Å². The summed E-state index contributed by atoms with van der Waals surface area (Å²) in [5.41, 5.74) is 0. The van der Waals surface area contributed by atoms with E-state index in [4.69, 9.17) is 69.6 Å². The Balaban J connectivity index is 4.84. The number of alkyl halides is 6. The number of nitrogens with zero attached hydrogens (tertiary/aromatic N) is 2. The minimum atomic E-state index is -1.71. The van der Waals surface area contributed by atoms with E-state index in [-0.39, 0.29) is 0 Å². The van der Waals surface area contributed by atoms with Gasteiger partial charge in [0.15, 0.2) is 0 Å². The number of amides is 2. The molecule has 2 N–H and O–H groups in total. The van der Waals surface area contributed by atoms with E-state index < -0.39 is 25.9 Å². The maximum Gasteiger partial charge on any atom is 0.317 e. The van der Waals surface area contributed by atoms with Crippen molar-refractivity contribution in [1.82, 2.24) is 20.4 Å². The predicted molar refractivity (Wildman–Crippen MR) is 87.2 cm³/mol. The molecule has 0 saturated carbocycles. The smallest absolute Gasteiger partial charge is 0.317 e. The number of hydrogen-bond donors (Lipinski definition) is 2. The molecule has 0 heterocycles. The molecule has 0 aromatic carbocycles. The van der Waals surface area contributed by atoms with Gasteiger partial charge in [0.05, 0.1) is 0 Å². The molecule has 0 aliphatic carbocycles. The van der Waals surface area contributed by atoms with Crippen LogP contribution in [0.3, 0.4) is 0 Å². The van der Waals surface area contributed by atoms with Gasteiger partial charge in [-0.2, -0.15) is 0 Å². The van der Waals surface area contributed by atoms with Crippen LogP contribution < -0.4 is 10.6 Å². The van der Waals surface area contributed by atoms with Gasteiger partial charge in [-0.25, -0.2) is 4.79 Å². The number of urea groups is 1. The Bertz CT molecular complexity index is 297. The van der Waals surface area contributed by atoms with Crippen molar-refractivity contribution in [2.24, 2.45) is 0 Å². The second kappa shape index (κ2) is 7.97. The third-order valence-corrected chi connectivity index (χ3v) is 3.43. The monoisotopic (exact) mass is 406 g/mol. The molecule has 0 aliphatic heterocycles. The summed E-state index contributed by atoms with van der Waals surface area (Å²) in [4.78, 5) is 15.0. The van der Waals surface area contributed by atoms with Gasteiger partial charge in [-0.15, -0.1) is 0 Å². The standard InChI is InChI=1S/C9H16Cl6N4O/c1-18(2)5(8(10,11)12)16-7(20)17-6(19(3)4)9(13,14)15/h5-6H,1-4H3,(H2,16,17,20)/t5-,6+. The van der Waals surface area contributed by atoms with Crippen LogP contribution in [0.2, 0.25) is 0 Å². The van der Waals surface area contributed by atoms with Gasteiger partial charge in [0.25, 0.3) is 0 Å². The minimum Gasteiger partial charge on any atom is -0.318 e. The third-order valence-electron chi connectivity index (χ3n) is 2.19. The van der Waals surface area contributed by atoms with Gasteiger partial charge in [0.2, 0.25) is 7.59 Å². The molecule has 0 saturated heterocycles. The predicted octanol–water partition coefficient (Wildman–Crippen LogP) is 2.80. The molecule has 0 unspecified atom stereocenters. The van der Waals surface area contributed by atoms with Crippen molar-refractivity contribution in [2.75, 3.05) is 28.2 Å². The fraction of sp³-hybridized carbons (Fsp3) is 0.889. The Hall–Kier alpha value is 0.930. The third kappa shape index (κ3) is 7.27. The van der Waals surface area contributed by atoms with E-state index in [1.165, 1.54) is 9.80 Å². The van der Waals surface area contributed by atoms with Crippen LogP contribution in [-0.2, 0) is 0 Å². The number of carbonyl (C=O) groups is 1. The van der Waals surface area contributed by atoms with Crippen molar-refractivity contribution in [3.05, 3.63) is 0 Å². The Morgan fingerprint density at radius 2 is 1.05 bits per heavy atom. The SMILES string of the molecule is CN(C)[C@@H](NC(=O)N[C@@H](N(C)C)C(Cl)(Cl)Cl)C(Cl)(Cl)Cl. The maximum atomic E-state index is 11.9. The van der Waals surface area contributed by atoms with Crippen LogP contribution >= 0.6 is 69.6 Å². The van der Waals surface area contributed by atoms with E-state index in [0.29, 0.717) is 0 Å². The van der Waals surface area contributed by atoms with Crippen molar-refractivity contribution in [3.63, 3.8) is 0 Å². The second-order valence-corrected chi connectivity index (χ2v) is 9.17. The average Bonchev–Trinajstić information content (AvgIpc) is 2.18. The summed E-state index contributed by atoms with van der Waals surface area (Å²) >= 11 is 34.7. The summed E-state index contributed by atoms with van der Waals surface area (Å²) in [5, 5.41) is 4.98. The van der Waals surface area contributed by atoms with Gasteiger partial charge in [-0.1, -0.05) is 69.6 Å². The largest absolute Gasteiger partial charge is 0.318 e. The van der Waals surface area contributed by atoms with Gasteiger partial charge in [0, 0.05) is 0 Å². The van der Waals surface area contributed by atoms with Gasteiger partial charge in [-0.3, -0.25) is 9.80 Å². The summed E-state index contributed by atoms with van der Waals surface area (Å²) in [6.07, 6.45) is -1.71.